The van der Waals surface area contributed by atoms with Crippen molar-refractivity contribution in [3.8, 4) is 0 Å². The van der Waals surface area contributed by atoms with Gasteiger partial charge in [-0.1, -0.05) is 19.8 Å². The van der Waals surface area contributed by atoms with Crippen LogP contribution >= 0.6 is 0 Å². The molecule has 0 heterocycles. The Morgan fingerprint density at radius 2 is 2.00 bits per heavy atom. The normalized spacial score (nSPS) is 22.0. The molecule has 0 aromatic heterocycles. The second kappa shape index (κ2) is 3.35. The van der Waals surface area contributed by atoms with Crippen LogP contribution in [0.25, 0.3) is 0 Å². The van der Waals surface area contributed by atoms with Crippen molar-refractivity contribution in [3.05, 3.63) is 0 Å². The summed E-state index contributed by atoms with van der Waals surface area (Å²) in [6, 6.07) is 0. The van der Waals surface area contributed by atoms with Crippen molar-refractivity contribution in [1.82, 2.24) is 0 Å². The SMILES string of the molecule is CC1(CC(=O)CN)CCCC1. The molecule has 2 N–H and O–H groups in total. The maximum absolute atomic E-state index is 11.0. The lowest BCUT2D eigenvalue weighted by Crippen LogP contribution is -2.22. The predicted octanol–water partition coefficient (Wildman–Crippen LogP) is 1.48. The van der Waals surface area contributed by atoms with Crippen molar-refractivity contribution >= 4 is 5.78 Å². The van der Waals surface area contributed by atoms with E-state index in [-0.39, 0.29) is 17.7 Å². The summed E-state index contributed by atoms with van der Waals surface area (Å²) in [6.07, 6.45) is 5.68. The molecule has 11 heavy (non-hydrogen) atoms. The smallest absolute Gasteiger partial charge is 0.146 e. The molecule has 0 unspecified atom stereocenters. The van der Waals surface area contributed by atoms with Gasteiger partial charge in [0, 0.05) is 6.42 Å². The van der Waals surface area contributed by atoms with Gasteiger partial charge in [-0.25, -0.2) is 0 Å². The second-order valence-electron chi connectivity index (χ2n) is 3.94. The van der Waals surface area contributed by atoms with Gasteiger partial charge in [0.25, 0.3) is 0 Å². The van der Waals surface area contributed by atoms with Gasteiger partial charge in [0.05, 0.1) is 6.54 Å². The summed E-state index contributed by atoms with van der Waals surface area (Å²) in [5.41, 5.74) is 5.55. The van der Waals surface area contributed by atoms with Gasteiger partial charge >= 0.3 is 0 Å². The molecule has 2 heteroatoms. The van der Waals surface area contributed by atoms with Crippen LogP contribution in [-0.4, -0.2) is 12.3 Å². The Balaban J connectivity index is 2.39. The van der Waals surface area contributed by atoms with Crippen LogP contribution in [0, 0.1) is 5.41 Å². The third-order valence-electron chi connectivity index (χ3n) is 2.66. The third-order valence-corrected chi connectivity index (χ3v) is 2.66. The van der Waals surface area contributed by atoms with E-state index in [4.69, 9.17) is 5.73 Å². The van der Waals surface area contributed by atoms with Crippen molar-refractivity contribution in [2.75, 3.05) is 6.54 Å². The van der Waals surface area contributed by atoms with E-state index in [0.717, 1.165) is 0 Å². The molecule has 0 amide bonds. The summed E-state index contributed by atoms with van der Waals surface area (Å²) < 4.78 is 0. The molecule has 1 rings (SSSR count). The summed E-state index contributed by atoms with van der Waals surface area (Å²) >= 11 is 0. The highest BCUT2D eigenvalue weighted by Crippen LogP contribution is 2.40. The van der Waals surface area contributed by atoms with Gasteiger partial charge < -0.3 is 5.73 Å². The minimum Gasteiger partial charge on any atom is -0.324 e. The maximum Gasteiger partial charge on any atom is 0.146 e. The van der Waals surface area contributed by atoms with E-state index < -0.39 is 0 Å². The monoisotopic (exact) mass is 155 g/mol. The van der Waals surface area contributed by atoms with E-state index in [9.17, 15) is 4.79 Å². The zero-order valence-corrected chi connectivity index (χ0v) is 7.23. The number of carbonyl (C=O) groups is 1. The van der Waals surface area contributed by atoms with Gasteiger partial charge in [0.15, 0.2) is 0 Å². The quantitative estimate of drug-likeness (QED) is 0.671. The van der Waals surface area contributed by atoms with Crippen molar-refractivity contribution in [2.45, 2.75) is 39.0 Å². The van der Waals surface area contributed by atoms with Gasteiger partial charge in [-0.3, -0.25) is 4.79 Å². The molecular formula is C9H17NO. The second-order valence-corrected chi connectivity index (χ2v) is 3.94. The summed E-state index contributed by atoms with van der Waals surface area (Å²) in [6.45, 7) is 2.42. The summed E-state index contributed by atoms with van der Waals surface area (Å²) in [5, 5.41) is 0. The first-order valence-corrected chi connectivity index (χ1v) is 4.38. The molecule has 0 radical (unpaired) electrons. The van der Waals surface area contributed by atoms with Gasteiger partial charge in [0.1, 0.15) is 5.78 Å². The van der Waals surface area contributed by atoms with Crippen LogP contribution in [0.4, 0.5) is 0 Å². The minimum absolute atomic E-state index is 0.217. The molecule has 0 aliphatic heterocycles. The molecule has 0 atom stereocenters. The molecular weight excluding hydrogens is 138 g/mol. The van der Waals surface area contributed by atoms with Crippen LogP contribution in [0.5, 0.6) is 0 Å². The topological polar surface area (TPSA) is 43.1 Å². The lowest BCUT2D eigenvalue weighted by atomic mass is 9.83. The zero-order valence-electron chi connectivity index (χ0n) is 7.23. The van der Waals surface area contributed by atoms with E-state index in [1.54, 1.807) is 0 Å². The molecule has 0 spiro atoms. The molecule has 64 valence electrons. The molecule has 1 fully saturated rings. The third kappa shape index (κ3) is 2.29. The fourth-order valence-corrected chi connectivity index (χ4v) is 1.95. The Bertz CT molecular complexity index is 148. The summed E-state index contributed by atoms with van der Waals surface area (Å²) in [5.74, 6) is 0.217. The first kappa shape index (κ1) is 8.72. The zero-order chi connectivity index (χ0) is 8.32. The van der Waals surface area contributed by atoms with Crippen LogP contribution in [-0.2, 0) is 4.79 Å². The summed E-state index contributed by atoms with van der Waals surface area (Å²) in [4.78, 5) is 11.0. The predicted molar refractivity (Wildman–Crippen MR) is 45.3 cm³/mol. The fraction of sp³-hybridized carbons (Fsp3) is 0.889. The van der Waals surface area contributed by atoms with Crippen LogP contribution in [0.15, 0.2) is 0 Å². The standard InChI is InChI=1S/C9H17NO/c1-9(4-2-3-5-9)6-8(11)7-10/h2-7,10H2,1H3. The number of nitrogens with two attached hydrogens (primary N) is 1. The molecule has 2 nitrogen and oxygen atoms in total. The van der Waals surface area contributed by atoms with Crippen molar-refractivity contribution < 1.29 is 4.79 Å². The van der Waals surface area contributed by atoms with E-state index in [2.05, 4.69) is 6.92 Å². The lowest BCUT2D eigenvalue weighted by Gasteiger charge is -2.21. The van der Waals surface area contributed by atoms with E-state index in [1.807, 2.05) is 0 Å². The van der Waals surface area contributed by atoms with Crippen molar-refractivity contribution in [1.29, 1.82) is 0 Å². The Hall–Kier alpha value is -0.370. The average molecular weight is 155 g/mol. The van der Waals surface area contributed by atoms with Crippen molar-refractivity contribution in [2.24, 2.45) is 11.1 Å². The molecule has 0 saturated heterocycles. The Labute approximate surface area is 68.2 Å². The van der Waals surface area contributed by atoms with Crippen LogP contribution in [0.3, 0.4) is 0 Å². The number of hydrogen-bond acceptors (Lipinski definition) is 2. The Kier molecular flexibility index (Phi) is 2.66. The lowest BCUT2D eigenvalue weighted by molar-refractivity contribution is -0.119. The number of hydrogen-bond donors (Lipinski definition) is 1. The van der Waals surface area contributed by atoms with E-state index >= 15 is 0 Å². The van der Waals surface area contributed by atoms with Gasteiger partial charge in [-0.05, 0) is 18.3 Å². The Morgan fingerprint density at radius 1 is 1.45 bits per heavy atom. The highest BCUT2D eigenvalue weighted by molar-refractivity contribution is 5.80. The van der Waals surface area contributed by atoms with Crippen LogP contribution in [0.2, 0.25) is 0 Å². The minimum atomic E-state index is 0.217. The largest absolute Gasteiger partial charge is 0.324 e. The average Bonchev–Trinajstić information content (AvgIpc) is 2.36. The first-order valence-electron chi connectivity index (χ1n) is 4.38. The maximum atomic E-state index is 11.0. The molecule has 0 aromatic carbocycles. The van der Waals surface area contributed by atoms with Gasteiger partial charge in [0.2, 0.25) is 0 Å². The van der Waals surface area contributed by atoms with Gasteiger partial charge in [-0.2, -0.15) is 0 Å². The van der Waals surface area contributed by atoms with Crippen LogP contribution in [0.1, 0.15) is 39.0 Å². The Morgan fingerprint density at radius 3 is 2.45 bits per heavy atom. The molecule has 1 aliphatic rings. The number of carbonyl (C=O) groups excluding carboxylic acids is 1. The molecule has 0 bridgehead atoms. The van der Waals surface area contributed by atoms with Crippen molar-refractivity contribution in [3.63, 3.8) is 0 Å². The molecule has 1 saturated carbocycles. The molecule has 1 aliphatic carbocycles. The van der Waals surface area contributed by atoms with Crippen LogP contribution < -0.4 is 5.73 Å². The fourth-order valence-electron chi connectivity index (χ4n) is 1.95. The van der Waals surface area contributed by atoms with E-state index in [1.165, 1.54) is 25.7 Å². The first-order chi connectivity index (χ1) is 5.16. The number of ketones is 1. The van der Waals surface area contributed by atoms with E-state index in [0.29, 0.717) is 6.42 Å². The number of Topliss-reactive ketones (excluding diaryl/α,β-unsaturated/α-hetero) is 1. The van der Waals surface area contributed by atoms with Gasteiger partial charge in [-0.15, -0.1) is 0 Å². The highest BCUT2D eigenvalue weighted by Gasteiger charge is 2.30. The summed E-state index contributed by atoms with van der Waals surface area (Å²) in [7, 11) is 0. The number of rotatable bonds is 3. The highest BCUT2D eigenvalue weighted by atomic mass is 16.1. The molecule has 0 aromatic rings.